The van der Waals surface area contributed by atoms with Crippen molar-refractivity contribution in [1.29, 1.82) is 0 Å². The molecule has 0 spiro atoms. The van der Waals surface area contributed by atoms with E-state index in [1.165, 1.54) is 48.5 Å². The van der Waals surface area contributed by atoms with Gasteiger partial charge in [0, 0.05) is 32.0 Å². The molecule has 0 aliphatic carbocycles. The zero-order chi connectivity index (χ0) is 92.2. The van der Waals surface area contributed by atoms with Crippen LogP contribution in [0.5, 0.6) is 63.2 Å². The van der Waals surface area contributed by atoms with Crippen LogP contribution >= 0.6 is 11.6 Å². The van der Waals surface area contributed by atoms with Crippen LogP contribution in [0.3, 0.4) is 0 Å². The maximum Gasteiger partial charge on any atom is 0.343 e. The molecule has 3 aliphatic heterocycles. The number of aromatic carboxylic acids is 1. The number of carboxylic acids is 1. The zero-order valence-electron chi connectivity index (χ0n) is 70.8. The molecular formula is C112H131ClO28. The van der Waals surface area contributed by atoms with E-state index in [0.29, 0.717) is 75.7 Å². The molecule has 3 atom stereocenters. The summed E-state index contributed by atoms with van der Waals surface area (Å²) in [5.41, 5.74) is 1.75. The molecule has 0 amide bonds. The number of esters is 6. The molecule has 16 rings (SSSR count). The summed E-state index contributed by atoms with van der Waals surface area (Å²) in [6.45, 7) is 11.7. The van der Waals surface area contributed by atoms with Crippen LogP contribution in [-0.2, 0) is 52.3 Å². The van der Waals surface area contributed by atoms with Crippen molar-refractivity contribution in [2.75, 3.05) is 53.8 Å². The van der Waals surface area contributed by atoms with E-state index in [-0.39, 0.29) is 156 Å². The third-order valence-corrected chi connectivity index (χ3v) is 19.9. The van der Waals surface area contributed by atoms with Crippen LogP contribution in [0.2, 0.25) is 0 Å². The molecule has 29 heteroatoms. The molecule has 28 nitrogen and oxygen atoms in total. The summed E-state index contributed by atoms with van der Waals surface area (Å²) < 4.78 is 93.1. The van der Waals surface area contributed by atoms with Crippen LogP contribution in [0, 0.1) is 0 Å². The molecule has 3 N–H and O–H groups in total. The number of phenolic OH excluding ortho intramolecular Hbond substituents is 2. The van der Waals surface area contributed by atoms with Crippen molar-refractivity contribution in [1.82, 2.24) is 0 Å². The van der Waals surface area contributed by atoms with E-state index in [4.69, 9.17) is 107 Å². The highest BCUT2D eigenvalue weighted by molar-refractivity contribution is 6.66. The summed E-state index contributed by atoms with van der Waals surface area (Å²) in [7, 11) is 0. The third-order valence-electron chi connectivity index (χ3n) is 19.8. The second kappa shape index (κ2) is 62.8. The van der Waals surface area contributed by atoms with E-state index >= 15 is 0 Å². The first-order valence-corrected chi connectivity index (χ1v) is 41.8. The molecule has 141 heavy (non-hydrogen) atoms. The Bertz CT molecular complexity index is 5860. The SMILES string of the molecule is C.C.C.C.C.C.C.C.C.C.C=CC(=O)Cl.C=CC(=O)OCOc1ccc2cc(C(=O)Oc3ccc(OC(=O)c4ccc5cc(OCOC(=O)C=C)ccc5c4)cc3)ccc2c1.O=C(O)c1ccc2cc(OCOC3CCCCO3)ccc2c1.O=C(Oc1ccc(OC(=O)c2ccc3cc(OCOC4CCCCO4)ccc3c2)cc1)c1ccc2cc(OCOC3CCCCO3)ccc2c1.Oc1ccc(O)cc1. The highest BCUT2D eigenvalue weighted by Gasteiger charge is 2.21. The van der Waals surface area contributed by atoms with Crippen LogP contribution in [0.25, 0.3) is 53.9 Å². The van der Waals surface area contributed by atoms with Crippen molar-refractivity contribution in [3.63, 3.8) is 0 Å². The molecule has 3 fully saturated rings. The predicted molar refractivity (Wildman–Crippen MR) is 552 cm³/mol. The van der Waals surface area contributed by atoms with Crippen LogP contribution in [0.15, 0.2) is 293 Å². The van der Waals surface area contributed by atoms with Crippen molar-refractivity contribution in [2.24, 2.45) is 0 Å². The first kappa shape index (κ1) is 122. The highest BCUT2D eigenvalue weighted by Crippen LogP contribution is 2.32. The van der Waals surface area contributed by atoms with Crippen LogP contribution in [0.4, 0.5) is 0 Å². The fourth-order valence-corrected chi connectivity index (χ4v) is 13.0. The normalized spacial score (nSPS) is 13.3. The minimum Gasteiger partial charge on any atom is -0.508 e. The molecule has 0 radical (unpaired) electrons. The Morgan fingerprint density at radius 3 is 0.702 bits per heavy atom. The largest absolute Gasteiger partial charge is 0.508 e. The second-order valence-electron chi connectivity index (χ2n) is 29.0. The minimum absolute atomic E-state index is 0. The molecule has 0 saturated carbocycles. The number of aromatic hydroxyl groups is 2. The van der Waals surface area contributed by atoms with Crippen molar-refractivity contribution in [2.45, 2.75) is 151 Å². The Morgan fingerprint density at radius 1 is 0.284 bits per heavy atom. The molecule has 3 unspecified atom stereocenters. The summed E-state index contributed by atoms with van der Waals surface area (Å²) in [6, 6.07) is 71.1. The quantitative estimate of drug-likeness (QED) is 0.00940. The molecule has 3 aliphatic rings. The number of fused-ring (bicyclic) bond motifs is 5. The van der Waals surface area contributed by atoms with Gasteiger partial charge in [0.25, 0.3) is 0 Å². The van der Waals surface area contributed by atoms with Gasteiger partial charge in [0.05, 0.1) is 27.8 Å². The summed E-state index contributed by atoms with van der Waals surface area (Å²) in [6.07, 6.45) is 11.7. The van der Waals surface area contributed by atoms with E-state index in [2.05, 4.69) is 19.7 Å². The van der Waals surface area contributed by atoms with Crippen molar-refractivity contribution >= 4 is 112 Å². The van der Waals surface area contributed by atoms with Gasteiger partial charge in [-0.15, -0.1) is 0 Å². The Hall–Kier alpha value is -15.0. The number of ether oxygens (including phenoxy) is 17. The summed E-state index contributed by atoms with van der Waals surface area (Å²) in [5, 5.41) is 34.3. The van der Waals surface area contributed by atoms with Gasteiger partial charge in [-0.3, -0.25) is 4.79 Å². The van der Waals surface area contributed by atoms with Crippen molar-refractivity contribution < 1.29 is 134 Å². The number of halogens is 1. The summed E-state index contributed by atoms with van der Waals surface area (Å²) in [4.78, 5) is 94.2. The summed E-state index contributed by atoms with van der Waals surface area (Å²) in [5.74, 6) is 0.276. The van der Waals surface area contributed by atoms with Crippen LogP contribution in [-0.4, -0.2) is 135 Å². The van der Waals surface area contributed by atoms with Gasteiger partial charge in [-0.05, 0) is 323 Å². The van der Waals surface area contributed by atoms with Gasteiger partial charge in [-0.2, -0.15) is 0 Å². The Kier molecular flexibility index (Phi) is 54.3. The first-order chi connectivity index (χ1) is 63.6. The Balaban J connectivity index is 0.000000678. The molecule has 13 aromatic rings. The molecule has 3 saturated heterocycles. The average molecular weight is 1960 g/mol. The number of phenols is 2. The molecule has 3 heterocycles. The van der Waals surface area contributed by atoms with E-state index < -0.39 is 47.0 Å². The molecule has 0 bridgehead atoms. The lowest BCUT2D eigenvalue weighted by molar-refractivity contribution is -0.191. The van der Waals surface area contributed by atoms with Crippen molar-refractivity contribution in [3.8, 4) is 63.2 Å². The standard InChI is InChI=1S/C40H38O10.C36H26O10.C17H18O5.C6H6O2.C3H3ClO.10CH4/c41-39(31-9-7-29-23-35(13-11-27(29)21-31)45-25-47-37-5-1-3-19-43-37)49-33-15-17-34(18-16-33)50-40(42)32-10-8-30-24-36(14-12-28(30)22-32)46-26-48-38-6-2-4-20-44-38;1-3-33(37)43-21-41-31-11-9-23-17-27(7-5-25(23)19-31)35(39)45-29-13-15-30(16-14-29)46-36(40)28-8-6-26-20-32(12-10-24(26)18-28)42-22-44-34(38)4-2;18-17(19)14-5-4-13-10-15(7-6-12(13)9-14)21-11-22-16-3-1-2-8-20-16;7-5-1-2-6(8)4-3-5;1-2-3(4)5;;;;;;;;;;/h7-18,21-24,37-38H,1-6,19-20,25-26H2;3-20H,1-2,21-22H2;4-7,9-10,16H,1-3,8,11H2,(H,18,19);1-4,7-8H;2H,1H2;10*1H4. The fraction of sp³-hybridized carbons (Fsp3) is 0.268. The number of benzene rings is 13. The van der Waals surface area contributed by atoms with E-state index in [1.54, 1.807) is 146 Å². The lowest BCUT2D eigenvalue weighted by Crippen LogP contribution is -2.24. The Morgan fingerprint density at radius 2 is 0.489 bits per heavy atom. The highest BCUT2D eigenvalue weighted by atomic mass is 35.5. The number of hydrogen-bond donors (Lipinski definition) is 3. The van der Waals surface area contributed by atoms with Crippen molar-refractivity contribution in [3.05, 3.63) is 321 Å². The third kappa shape index (κ3) is 38.7. The monoisotopic (exact) mass is 1960 g/mol. The van der Waals surface area contributed by atoms with Gasteiger partial charge in [0.15, 0.2) is 39.2 Å². The molecule has 13 aromatic carbocycles. The second-order valence-corrected chi connectivity index (χ2v) is 29.4. The molecular weight excluding hydrogens is 1830 g/mol. The van der Waals surface area contributed by atoms with Gasteiger partial charge in [-0.25, -0.2) is 33.6 Å². The van der Waals surface area contributed by atoms with E-state index in [1.807, 2.05) is 60.7 Å². The number of rotatable bonds is 30. The molecule has 0 aromatic heterocycles. The van der Waals surface area contributed by atoms with Gasteiger partial charge in [-0.1, -0.05) is 155 Å². The maximum atomic E-state index is 12.9. The van der Waals surface area contributed by atoms with E-state index in [9.17, 15) is 38.4 Å². The number of carboxylic acid groups (broad SMARTS) is 1. The topological polar surface area (TPSA) is 354 Å². The predicted octanol–water partition coefficient (Wildman–Crippen LogP) is 26.6. The maximum absolute atomic E-state index is 12.9. The Labute approximate surface area is 830 Å². The van der Waals surface area contributed by atoms with E-state index in [0.717, 1.165) is 136 Å². The van der Waals surface area contributed by atoms with Crippen LogP contribution in [0.1, 0.15) is 184 Å². The van der Waals surface area contributed by atoms with Gasteiger partial charge >= 0.3 is 41.8 Å². The lowest BCUT2D eigenvalue weighted by atomic mass is 10.1. The average Bonchev–Trinajstić information content (AvgIpc) is 0.828. The summed E-state index contributed by atoms with van der Waals surface area (Å²) >= 11 is 4.71. The van der Waals surface area contributed by atoms with Gasteiger partial charge < -0.3 is 95.8 Å². The van der Waals surface area contributed by atoms with Crippen LogP contribution < -0.4 is 42.6 Å². The number of carbonyl (C=O) groups excluding carboxylic acids is 7. The fourth-order valence-electron chi connectivity index (χ4n) is 13.0. The smallest absolute Gasteiger partial charge is 0.343 e. The molecule has 754 valence electrons. The first-order valence-electron chi connectivity index (χ1n) is 41.4. The lowest BCUT2D eigenvalue weighted by Gasteiger charge is -2.22. The number of carbonyl (C=O) groups is 8. The van der Waals surface area contributed by atoms with Gasteiger partial charge in [0.1, 0.15) is 63.2 Å². The number of allylic oxidation sites excluding steroid dienone is 1. The van der Waals surface area contributed by atoms with Gasteiger partial charge in [0.2, 0.25) is 18.8 Å². The minimum atomic E-state index is -0.928. The number of hydrogen-bond acceptors (Lipinski definition) is 27. The zero-order valence-corrected chi connectivity index (χ0v) is 71.5.